The fourth-order valence-electron chi connectivity index (χ4n) is 3.68. The van der Waals surface area contributed by atoms with Crippen LogP contribution in [-0.4, -0.2) is 41.2 Å². The van der Waals surface area contributed by atoms with Crippen molar-refractivity contribution in [3.05, 3.63) is 52.8 Å². The number of amides is 1. The zero-order valence-corrected chi connectivity index (χ0v) is 17.0. The van der Waals surface area contributed by atoms with Crippen LogP contribution in [0.1, 0.15) is 48.2 Å². The molecule has 27 heavy (non-hydrogen) atoms. The van der Waals surface area contributed by atoms with E-state index in [1.165, 1.54) is 9.87 Å². The van der Waals surface area contributed by atoms with Gasteiger partial charge in [0.25, 0.3) is 0 Å². The predicted molar refractivity (Wildman–Crippen MR) is 104 cm³/mol. The van der Waals surface area contributed by atoms with Gasteiger partial charge in [0.1, 0.15) is 6.04 Å². The average molecular weight is 391 g/mol. The minimum atomic E-state index is -3.52. The van der Waals surface area contributed by atoms with E-state index in [1.54, 1.807) is 10.9 Å². The standard InChI is InChI=1S/C19H26N4O3S/c1-13(2)15-8-6-5-7-14(15)11-20-19(24)18-16-12-21-22(3)17(16)9-10-23(18)27(4,25)26/h5-8,12-13,18H,9-11H2,1-4H3,(H,20,24). The van der Waals surface area contributed by atoms with E-state index in [-0.39, 0.29) is 12.5 Å². The molecule has 1 amide bonds. The third kappa shape index (κ3) is 3.91. The van der Waals surface area contributed by atoms with Crippen molar-refractivity contribution in [2.75, 3.05) is 12.8 Å². The van der Waals surface area contributed by atoms with Gasteiger partial charge in [0.15, 0.2) is 0 Å². The number of sulfonamides is 1. The first kappa shape index (κ1) is 19.6. The molecule has 1 aliphatic rings. The number of rotatable bonds is 5. The normalized spacial score (nSPS) is 17.7. The number of benzene rings is 1. The second-order valence-corrected chi connectivity index (χ2v) is 9.20. The van der Waals surface area contributed by atoms with E-state index < -0.39 is 16.1 Å². The number of aromatic nitrogens is 2. The zero-order valence-electron chi connectivity index (χ0n) is 16.1. The Bertz CT molecular complexity index is 950. The Morgan fingerprint density at radius 1 is 1.33 bits per heavy atom. The number of fused-ring (bicyclic) bond motifs is 1. The lowest BCUT2D eigenvalue weighted by atomic mass is 9.97. The molecule has 0 saturated heterocycles. The van der Waals surface area contributed by atoms with Gasteiger partial charge in [-0.05, 0) is 17.0 Å². The summed E-state index contributed by atoms with van der Waals surface area (Å²) < 4.78 is 27.5. The highest BCUT2D eigenvalue weighted by Gasteiger charge is 2.39. The average Bonchev–Trinajstić information content (AvgIpc) is 2.99. The Hall–Kier alpha value is -2.19. The van der Waals surface area contributed by atoms with Crippen LogP contribution in [0.3, 0.4) is 0 Å². The van der Waals surface area contributed by atoms with Gasteiger partial charge in [-0.25, -0.2) is 8.42 Å². The number of hydrogen-bond donors (Lipinski definition) is 1. The number of nitrogens with one attached hydrogen (secondary N) is 1. The first-order chi connectivity index (χ1) is 12.7. The lowest BCUT2D eigenvalue weighted by molar-refractivity contribution is -0.125. The first-order valence-corrected chi connectivity index (χ1v) is 10.9. The van der Waals surface area contributed by atoms with Crippen LogP contribution in [0.4, 0.5) is 0 Å². The van der Waals surface area contributed by atoms with Crippen molar-refractivity contribution in [2.24, 2.45) is 7.05 Å². The van der Waals surface area contributed by atoms with Crippen molar-refractivity contribution < 1.29 is 13.2 Å². The minimum Gasteiger partial charge on any atom is -0.350 e. The van der Waals surface area contributed by atoms with Crippen LogP contribution in [-0.2, 0) is 34.8 Å². The smallest absolute Gasteiger partial charge is 0.243 e. The van der Waals surface area contributed by atoms with Crippen molar-refractivity contribution in [1.29, 1.82) is 0 Å². The Balaban J connectivity index is 1.87. The molecule has 1 aliphatic heterocycles. The minimum absolute atomic E-state index is 0.270. The van der Waals surface area contributed by atoms with Crippen molar-refractivity contribution in [1.82, 2.24) is 19.4 Å². The van der Waals surface area contributed by atoms with E-state index >= 15 is 0 Å². The predicted octanol–water partition coefficient (Wildman–Crippen LogP) is 1.72. The molecule has 0 radical (unpaired) electrons. The van der Waals surface area contributed by atoms with E-state index in [9.17, 15) is 13.2 Å². The van der Waals surface area contributed by atoms with Crippen LogP contribution in [0.2, 0.25) is 0 Å². The Morgan fingerprint density at radius 2 is 2.04 bits per heavy atom. The van der Waals surface area contributed by atoms with Crippen LogP contribution in [0.5, 0.6) is 0 Å². The molecule has 2 heterocycles. The topological polar surface area (TPSA) is 84.3 Å². The summed E-state index contributed by atoms with van der Waals surface area (Å²) in [6, 6.07) is 7.07. The van der Waals surface area contributed by atoms with Gasteiger partial charge >= 0.3 is 0 Å². The maximum absolute atomic E-state index is 13.0. The van der Waals surface area contributed by atoms with Crippen molar-refractivity contribution in [3.8, 4) is 0 Å². The maximum Gasteiger partial charge on any atom is 0.243 e. The van der Waals surface area contributed by atoms with Crippen LogP contribution in [0, 0.1) is 0 Å². The van der Waals surface area contributed by atoms with Crippen LogP contribution in [0.25, 0.3) is 0 Å². The molecule has 146 valence electrons. The van der Waals surface area contributed by atoms with Gasteiger partial charge < -0.3 is 5.32 Å². The van der Waals surface area contributed by atoms with Crippen LogP contribution in [0.15, 0.2) is 30.5 Å². The van der Waals surface area contributed by atoms with E-state index in [2.05, 4.69) is 30.3 Å². The largest absolute Gasteiger partial charge is 0.350 e. The lowest BCUT2D eigenvalue weighted by Crippen LogP contribution is -2.46. The number of carbonyl (C=O) groups is 1. The number of carbonyl (C=O) groups excluding carboxylic acids is 1. The summed E-state index contributed by atoms with van der Waals surface area (Å²) in [5, 5.41) is 7.15. The molecule has 1 aromatic carbocycles. The third-order valence-electron chi connectivity index (χ3n) is 5.05. The number of aryl methyl sites for hydroxylation is 1. The fourth-order valence-corrected chi connectivity index (χ4v) is 4.70. The van der Waals surface area contributed by atoms with Gasteiger partial charge in [0, 0.05) is 37.8 Å². The van der Waals surface area contributed by atoms with Gasteiger partial charge in [0.05, 0.1) is 12.5 Å². The quantitative estimate of drug-likeness (QED) is 0.842. The molecule has 8 heteroatoms. The van der Waals surface area contributed by atoms with Crippen LogP contribution < -0.4 is 5.32 Å². The molecule has 1 unspecified atom stereocenters. The van der Waals surface area contributed by atoms with Crippen molar-refractivity contribution >= 4 is 15.9 Å². The molecular formula is C19H26N4O3S. The molecule has 0 aliphatic carbocycles. The molecule has 3 rings (SSSR count). The van der Waals surface area contributed by atoms with Gasteiger partial charge in [-0.15, -0.1) is 0 Å². The molecule has 0 bridgehead atoms. The summed E-state index contributed by atoms with van der Waals surface area (Å²) in [5.41, 5.74) is 3.76. The van der Waals surface area contributed by atoms with E-state index in [0.29, 0.717) is 24.4 Å². The molecule has 1 aromatic heterocycles. The fraction of sp³-hybridized carbons (Fsp3) is 0.474. The summed E-state index contributed by atoms with van der Waals surface area (Å²) in [6.45, 7) is 4.84. The summed E-state index contributed by atoms with van der Waals surface area (Å²) >= 11 is 0. The van der Waals surface area contributed by atoms with Gasteiger partial charge in [0.2, 0.25) is 15.9 Å². The van der Waals surface area contributed by atoms with Gasteiger partial charge in [-0.3, -0.25) is 9.48 Å². The summed E-state index contributed by atoms with van der Waals surface area (Å²) in [7, 11) is -1.71. The van der Waals surface area contributed by atoms with E-state index in [0.717, 1.165) is 17.5 Å². The Kier molecular flexibility index (Phi) is 5.39. The van der Waals surface area contributed by atoms with Crippen LogP contribution >= 0.6 is 0 Å². The highest BCUT2D eigenvalue weighted by molar-refractivity contribution is 7.88. The van der Waals surface area contributed by atoms with E-state index in [4.69, 9.17) is 0 Å². The Morgan fingerprint density at radius 3 is 2.70 bits per heavy atom. The van der Waals surface area contributed by atoms with E-state index in [1.807, 2.05) is 25.2 Å². The Labute approximate surface area is 160 Å². The SMILES string of the molecule is CC(C)c1ccccc1CNC(=O)C1c2cnn(C)c2CCN1S(C)(=O)=O. The number of hydrogen-bond acceptors (Lipinski definition) is 4. The highest BCUT2D eigenvalue weighted by Crippen LogP contribution is 2.31. The molecule has 0 spiro atoms. The molecule has 1 N–H and O–H groups in total. The second kappa shape index (κ2) is 7.44. The first-order valence-electron chi connectivity index (χ1n) is 9.03. The monoisotopic (exact) mass is 390 g/mol. The molecule has 1 atom stereocenters. The summed E-state index contributed by atoms with van der Waals surface area (Å²) in [4.78, 5) is 13.0. The lowest BCUT2D eigenvalue weighted by Gasteiger charge is -2.32. The molecule has 7 nitrogen and oxygen atoms in total. The molecule has 0 saturated carbocycles. The number of nitrogens with zero attached hydrogens (tertiary/aromatic N) is 3. The highest BCUT2D eigenvalue weighted by atomic mass is 32.2. The molecule has 2 aromatic rings. The zero-order chi connectivity index (χ0) is 19.8. The molecular weight excluding hydrogens is 364 g/mol. The summed E-state index contributed by atoms with van der Waals surface area (Å²) in [6.07, 6.45) is 3.28. The van der Waals surface area contributed by atoms with Gasteiger partial charge in [-0.2, -0.15) is 9.40 Å². The third-order valence-corrected chi connectivity index (χ3v) is 6.30. The molecule has 0 fully saturated rings. The second-order valence-electron chi connectivity index (χ2n) is 7.27. The van der Waals surface area contributed by atoms with Crippen molar-refractivity contribution in [2.45, 2.75) is 38.8 Å². The maximum atomic E-state index is 13.0. The summed E-state index contributed by atoms with van der Waals surface area (Å²) in [5.74, 6) is 0.0122. The van der Waals surface area contributed by atoms with Crippen molar-refractivity contribution in [3.63, 3.8) is 0 Å². The van der Waals surface area contributed by atoms with Gasteiger partial charge in [-0.1, -0.05) is 38.1 Å².